The molecule has 13 atom stereocenters. The number of hydrogen-bond donors (Lipinski definition) is 24. The van der Waals surface area contributed by atoms with Gasteiger partial charge in [0.25, 0.3) is 0 Å². The van der Waals surface area contributed by atoms with Crippen LogP contribution in [0.5, 0.6) is 0 Å². The summed E-state index contributed by atoms with van der Waals surface area (Å²) in [6, 6.07) is 0.449. The van der Waals surface area contributed by atoms with Crippen molar-refractivity contribution in [3.05, 3.63) is 20.0 Å². The van der Waals surface area contributed by atoms with Crippen molar-refractivity contribution in [1.29, 1.82) is 0 Å². The van der Waals surface area contributed by atoms with E-state index >= 15 is 0 Å². The molecule has 0 heterocycles. The van der Waals surface area contributed by atoms with Crippen LogP contribution >= 0.6 is 0 Å². The zero-order valence-corrected chi connectivity index (χ0v) is 59.8. The standard InChI is InChI=1S/C65H140N26O3/c1-11-48(8)58(80-32-30-76-27-28-78-37-52(18-15-24-82-64(71)72)86-40-55(33-46(4)5)79-31-29-75-13-3)43-89-57(35-62(68)94)41-87-56(34-47(6)7)42-90-59(49(9)12-2)44-91-60(50(10)92)45-88-53(19-16-25-83-65(73)74)38-85-54(20-21-61(67)93)39-84-51(36-77-26-22-66)17-14-23-81-63(69)70/h3,26,28-30,46-60,76,78-80,84-92H,11-25,27,31-45,66H2,1-2,4-10H3,(H2,67,93)(H2,68,94)(H4,69,70,81)(H4,71,72,82)(H4,73,74,83)/q-2/p+2/t48-,49-,50+,51-,52-,53-,54-,55-,56-,57-,58+,59+,60+/m0/s1. The predicted octanol–water partition coefficient (Wildman–Crippen LogP) is -6.09. The lowest BCUT2D eigenvalue weighted by Gasteiger charge is -2.32. The molecule has 0 aromatic rings. The number of aliphatic imine (C=N–C) groups is 3. The van der Waals surface area contributed by atoms with E-state index in [0.29, 0.717) is 134 Å². The van der Waals surface area contributed by atoms with E-state index in [-0.39, 0.29) is 96.9 Å². The van der Waals surface area contributed by atoms with Crippen molar-refractivity contribution in [2.24, 2.45) is 90.3 Å². The summed E-state index contributed by atoms with van der Waals surface area (Å²) in [6.07, 6.45) is 12.9. The van der Waals surface area contributed by atoms with Crippen molar-refractivity contribution in [3.63, 3.8) is 0 Å². The van der Waals surface area contributed by atoms with Crippen molar-refractivity contribution < 1.29 is 24.7 Å². The van der Waals surface area contributed by atoms with E-state index in [4.69, 9.17) is 58.5 Å². The van der Waals surface area contributed by atoms with Crippen molar-refractivity contribution in [3.8, 4) is 0 Å². The number of nitrogens with two attached hydrogens (primary N) is 9. The van der Waals surface area contributed by atoms with E-state index in [1.165, 1.54) is 0 Å². The quantitative estimate of drug-likeness (QED) is 0.0117. The highest BCUT2D eigenvalue weighted by Gasteiger charge is 2.26. The Balaban J connectivity index is 5.86. The number of aliphatic hydroxyl groups is 1. The van der Waals surface area contributed by atoms with Gasteiger partial charge in [-0.05, 0) is 101 Å². The Morgan fingerprint density at radius 1 is 0.511 bits per heavy atom. The topological polar surface area (TPSA) is 498 Å². The lowest BCUT2D eigenvalue weighted by molar-refractivity contribution is -0.456. The molecule has 0 spiro atoms. The molecule has 0 aromatic heterocycles. The lowest BCUT2D eigenvalue weighted by Crippen LogP contribution is -2.74. The number of aliphatic hydroxyl groups excluding tert-OH is 1. The molecule has 2 amide bonds. The third kappa shape index (κ3) is 52.7. The molecule has 0 aliphatic rings. The van der Waals surface area contributed by atoms with Gasteiger partial charge in [0.05, 0.1) is 25.2 Å². The normalized spacial score (nSPS) is 16.3. The van der Waals surface area contributed by atoms with Crippen LogP contribution in [0.15, 0.2) is 15.0 Å². The van der Waals surface area contributed by atoms with Crippen molar-refractivity contribution >= 4 is 42.1 Å². The number of nitrogens with one attached hydrogen (secondary N) is 14. The number of nitrogens with zero attached hydrogens (tertiary/aromatic N) is 3. The minimum Gasteiger partial charge on any atom is -0.467 e. The molecule has 0 aliphatic carbocycles. The van der Waals surface area contributed by atoms with Gasteiger partial charge in [0.15, 0.2) is 30.6 Å². The molecule has 0 aliphatic heterocycles. The summed E-state index contributed by atoms with van der Waals surface area (Å²) in [5.74, 6) is 1.19. The smallest absolute Gasteiger partial charge is 0.219 e. The summed E-state index contributed by atoms with van der Waals surface area (Å²) in [6.45, 7) is 40.3. The third-order valence-electron chi connectivity index (χ3n) is 16.8. The summed E-state index contributed by atoms with van der Waals surface area (Å²) in [4.78, 5) is 43.5. The van der Waals surface area contributed by atoms with Gasteiger partial charge in [-0.2, -0.15) is 0 Å². The second-order valence-corrected chi connectivity index (χ2v) is 26.3. The van der Waals surface area contributed by atoms with Crippen molar-refractivity contribution in [1.82, 2.24) is 63.8 Å². The summed E-state index contributed by atoms with van der Waals surface area (Å²) >= 11 is 0. The van der Waals surface area contributed by atoms with Crippen LogP contribution in [-0.4, -0.2) is 232 Å². The first kappa shape index (κ1) is 89.5. The van der Waals surface area contributed by atoms with Gasteiger partial charge in [-0.3, -0.25) is 36.1 Å². The average Bonchev–Trinajstić information content (AvgIpc) is 1.50. The van der Waals surface area contributed by atoms with Crippen LogP contribution in [0.3, 0.4) is 0 Å². The Bertz CT molecular complexity index is 1970. The Kier molecular flexibility index (Phi) is 55.9. The molecule has 550 valence electrons. The molecule has 94 heavy (non-hydrogen) atoms. The largest absolute Gasteiger partial charge is 0.467 e. The van der Waals surface area contributed by atoms with E-state index in [2.05, 4.69) is 157 Å². The van der Waals surface area contributed by atoms with Crippen LogP contribution in [0.25, 0.3) is 0 Å². The van der Waals surface area contributed by atoms with Gasteiger partial charge < -0.3 is 127 Å². The van der Waals surface area contributed by atoms with E-state index in [1.54, 1.807) is 0 Å². The molecule has 29 heteroatoms. The maximum atomic E-state index is 12.6. The van der Waals surface area contributed by atoms with Crippen molar-refractivity contribution in [2.45, 2.75) is 212 Å². The summed E-state index contributed by atoms with van der Waals surface area (Å²) in [5, 5.41) is 55.6. The molecule has 0 bridgehead atoms. The van der Waals surface area contributed by atoms with Crippen molar-refractivity contribution in [2.75, 3.05) is 118 Å². The average molecular weight is 1340 g/mol. The second kappa shape index (κ2) is 58.7. The Morgan fingerprint density at radius 3 is 1.48 bits per heavy atom. The second-order valence-electron chi connectivity index (χ2n) is 26.3. The van der Waals surface area contributed by atoms with Gasteiger partial charge in [-0.1, -0.05) is 68.2 Å². The van der Waals surface area contributed by atoms with Crippen LogP contribution < -0.4 is 125 Å². The van der Waals surface area contributed by atoms with Gasteiger partial charge in [0.2, 0.25) is 11.8 Å². The highest BCUT2D eigenvalue weighted by molar-refractivity contribution is 5.76. The summed E-state index contributed by atoms with van der Waals surface area (Å²) in [5.41, 5.74) is 50.9. The van der Waals surface area contributed by atoms with E-state index in [0.717, 1.165) is 83.8 Å². The highest BCUT2D eigenvalue weighted by atomic mass is 16.3. The minimum absolute atomic E-state index is 0.0228. The van der Waals surface area contributed by atoms with Crippen LogP contribution in [0.2, 0.25) is 0 Å². The fourth-order valence-corrected chi connectivity index (χ4v) is 10.9. The van der Waals surface area contributed by atoms with Crippen LogP contribution in [0.4, 0.5) is 0 Å². The first-order chi connectivity index (χ1) is 44.9. The third-order valence-corrected chi connectivity index (χ3v) is 16.8. The van der Waals surface area contributed by atoms with Gasteiger partial charge in [0, 0.05) is 152 Å². The zero-order chi connectivity index (χ0) is 70.3. The SMILES string of the molecule is [CH-]C[NH+]=CCN[C@H](CN[C@@H](CCCN=C(N)N)CN[CH-]CN[CH]CN[C@H](CN[C@H](CN[C@H](CN[C@H](CN[C@H](CN[C@@H](CCCN=C(N)N)CN[C@@H](CCC(N)=O)CN[C@@H](CCCN=C(N)N)C[NH+]=CCN)[C@@H](C)O)[C@@H](C)CC)CC(C)C)CC(N)=O)[C@@H](C)CC)CC(C)C. The van der Waals surface area contributed by atoms with Gasteiger partial charge in [0.1, 0.15) is 6.21 Å². The number of carbonyl (C=O) groups excluding carboxylic acids is 2. The van der Waals surface area contributed by atoms with Gasteiger partial charge in [-0.25, -0.2) is 4.99 Å². The number of hydrogen-bond acceptors (Lipinski definition) is 19. The van der Waals surface area contributed by atoms with E-state index < -0.39 is 6.10 Å². The Labute approximate surface area is 568 Å². The number of amides is 2. The highest BCUT2D eigenvalue weighted by Crippen LogP contribution is 2.13. The summed E-state index contributed by atoms with van der Waals surface area (Å²) < 4.78 is 0. The maximum absolute atomic E-state index is 12.6. The number of carbonyl (C=O) groups is 2. The minimum atomic E-state index is -0.660. The molecular formula is C65H142N26O3. The molecular weight excluding hydrogens is 1190 g/mol. The Morgan fingerprint density at radius 2 is 0.957 bits per heavy atom. The molecule has 0 saturated carbocycles. The van der Waals surface area contributed by atoms with Gasteiger partial charge >= 0.3 is 0 Å². The molecule has 0 rings (SSSR count). The summed E-state index contributed by atoms with van der Waals surface area (Å²) in [7, 11) is 0. The molecule has 2 radical (unpaired) electrons. The molecule has 0 fully saturated rings. The predicted molar refractivity (Wildman–Crippen MR) is 391 cm³/mol. The molecule has 33 N–H and O–H groups in total. The van der Waals surface area contributed by atoms with Crippen LogP contribution in [0, 0.1) is 43.7 Å². The van der Waals surface area contributed by atoms with Crippen LogP contribution in [0.1, 0.15) is 146 Å². The number of rotatable bonds is 66. The monoisotopic (exact) mass is 1340 g/mol. The van der Waals surface area contributed by atoms with Gasteiger partial charge in [-0.15, -0.1) is 6.54 Å². The van der Waals surface area contributed by atoms with E-state index in [9.17, 15) is 14.7 Å². The molecule has 0 unspecified atom stereocenters. The molecule has 0 saturated heterocycles. The fraction of sp³-hybridized carbons (Fsp3) is 0.846. The zero-order valence-electron chi connectivity index (χ0n) is 59.8. The first-order valence-electron chi connectivity index (χ1n) is 35.3. The number of guanidine groups is 3. The molecule has 0 aromatic carbocycles. The fourth-order valence-electron chi connectivity index (χ4n) is 10.9. The first-order valence-corrected chi connectivity index (χ1v) is 35.3. The van der Waals surface area contributed by atoms with E-state index in [1.807, 2.05) is 19.4 Å². The molecule has 29 nitrogen and oxygen atoms in total. The van der Waals surface area contributed by atoms with Crippen LogP contribution in [-0.2, 0) is 9.59 Å². The lowest BCUT2D eigenvalue weighted by atomic mass is 9.97. The number of primary amides is 2. The maximum Gasteiger partial charge on any atom is 0.219 e. The Hall–Kier alpha value is -4.47.